The van der Waals surface area contributed by atoms with Crippen molar-refractivity contribution in [3.63, 3.8) is 0 Å². The number of carbonyl (C=O) groups is 3. The number of methoxy groups -OCH3 is 1. The van der Waals surface area contributed by atoms with E-state index in [0.29, 0.717) is 42.5 Å². The molecule has 1 aliphatic carbocycles. The SMILES string of the molecule is COc1ccc(NC(=O)C2CSCN2C(=O)CCCNC(=O)NC2CCCCC2)cc1. The predicted molar refractivity (Wildman–Crippen MR) is 122 cm³/mol. The van der Waals surface area contributed by atoms with Gasteiger partial charge in [-0.05, 0) is 43.5 Å². The fraction of sp³-hybridized carbons (Fsp3) is 0.591. The molecule has 1 atom stereocenters. The summed E-state index contributed by atoms with van der Waals surface area (Å²) in [5, 5.41) is 8.72. The highest BCUT2D eigenvalue weighted by atomic mass is 32.2. The summed E-state index contributed by atoms with van der Waals surface area (Å²) in [7, 11) is 1.59. The van der Waals surface area contributed by atoms with Gasteiger partial charge in [-0.15, -0.1) is 11.8 Å². The molecule has 2 fully saturated rings. The highest BCUT2D eigenvalue weighted by Gasteiger charge is 2.34. The van der Waals surface area contributed by atoms with Crippen molar-refractivity contribution >= 4 is 35.3 Å². The van der Waals surface area contributed by atoms with E-state index in [-0.39, 0.29) is 23.9 Å². The van der Waals surface area contributed by atoms with E-state index in [4.69, 9.17) is 4.74 Å². The van der Waals surface area contributed by atoms with Gasteiger partial charge in [-0.25, -0.2) is 4.79 Å². The largest absolute Gasteiger partial charge is 0.497 e. The molecule has 1 saturated heterocycles. The zero-order valence-corrected chi connectivity index (χ0v) is 18.8. The number of anilines is 1. The summed E-state index contributed by atoms with van der Waals surface area (Å²) < 4.78 is 5.12. The van der Waals surface area contributed by atoms with Gasteiger partial charge in [0.25, 0.3) is 0 Å². The normalized spacial score (nSPS) is 19.0. The summed E-state index contributed by atoms with van der Waals surface area (Å²) in [6, 6.07) is 6.72. The predicted octanol–water partition coefficient (Wildman–Crippen LogP) is 2.95. The van der Waals surface area contributed by atoms with Gasteiger partial charge in [-0.3, -0.25) is 9.59 Å². The van der Waals surface area contributed by atoms with E-state index in [0.717, 1.165) is 12.8 Å². The molecule has 0 radical (unpaired) electrons. The van der Waals surface area contributed by atoms with Crippen LogP contribution in [0.15, 0.2) is 24.3 Å². The fourth-order valence-corrected chi connectivity index (χ4v) is 5.05. The van der Waals surface area contributed by atoms with Crippen molar-refractivity contribution in [3.8, 4) is 5.75 Å². The van der Waals surface area contributed by atoms with Crippen LogP contribution in [0.25, 0.3) is 0 Å². The van der Waals surface area contributed by atoms with Gasteiger partial charge in [0.1, 0.15) is 11.8 Å². The smallest absolute Gasteiger partial charge is 0.315 e. The monoisotopic (exact) mass is 448 g/mol. The Hall–Kier alpha value is -2.42. The van der Waals surface area contributed by atoms with Crippen molar-refractivity contribution in [2.24, 2.45) is 0 Å². The molecule has 1 saturated carbocycles. The number of rotatable bonds is 8. The lowest BCUT2D eigenvalue weighted by Gasteiger charge is -2.24. The summed E-state index contributed by atoms with van der Waals surface area (Å²) in [5.74, 6) is 1.56. The Morgan fingerprint density at radius 2 is 1.87 bits per heavy atom. The molecule has 3 rings (SSSR count). The van der Waals surface area contributed by atoms with Crippen LogP contribution >= 0.6 is 11.8 Å². The second-order valence-electron chi connectivity index (χ2n) is 7.94. The second-order valence-corrected chi connectivity index (χ2v) is 8.94. The Morgan fingerprint density at radius 3 is 2.58 bits per heavy atom. The zero-order valence-electron chi connectivity index (χ0n) is 18.0. The van der Waals surface area contributed by atoms with Gasteiger partial charge in [0, 0.05) is 30.4 Å². The first-order valence-electron chi connectivity index (χ1n) is 10.9. The molecule has 0 bridgehead atoms. The summed E-state index contributed by atoms with van der Waals surface area (Å²) in [5.41, 5.74) is 0.670. The van der Waals surface area contributed by atoms with Crippen LogP contribution in [0.3, 0.4) is 0 Å². The molecule has 1 unspecified atom stereocenters. The second kappa shape index (κ2) is 11.8. The zero-order chi connectivity index (χ0) is 22.1. The number of carbonyl (C=O) groups excluding carboxylic acids is 3. The van der Waals surface area contributed by atoms with E-state index >= 15 is 0 Å². The number of urea groups is 1. The summed E-state index contributed by atoms with van der Waals surface area (Å²) in [4.78, 5) is 38.9. The van der Waals surface area contributed by atoms with Crippen molar-refractivity contribution < 1.29 is 19.1 Å². The van der Waals surface area contributed by atoms with Gasteiger partial charge in [0.05, 0.1) is 13.0 Å². The molecule has 4 amide bonds. The maximum absolute atomic E-state index is 12.7. The molecule has 1 heterocycles. The quantitative estimate of drug-likeness (QED) is 0.531. The molecular formula is C22H32N4O4S. The highest BCUT2D eigenvalue weighted by Crippen LogP contribution is 2.24. The third-order valence-electron chi connectivity index (χ3n) is 5.66. The lowest BCUT2D eigenvalue weighted by molar-refractivity contribution is -0.136. The number of nitrogens with one attached hydrogen (secondary N) is 3. The molecule has 1 aliphatic heterocycles. The molecule has 3 N–H and O–H groups in total. The number of amides is 4. The Balaban J connectivity index is 1.38. The molecule has 0 spiro atoms. The van der Waals surface area contributed by atoms with Crippen LogP contribution in [0.5, 0.6) is 5.75 Å². The molecule has 1 aromatic carbocycles. The van der Waals surface area contributed by atoms with Gasteiger partial charge >= 0.3 is 6.03 Å². The van der Waals surface area contributed by atoms with Crippen LogP contribution in [-0.4, -0.2) is 60.1 Å². The van der Waals surface area contributed by atoms with Crippen molar-refractivity contribution in [2.75, 3.05) is 30.6 Å². The van der Waals surface area contributed by atoms with E-state index < -0.39 is 6.04 Å². The lowest BCUT2D eigenvalue weighted by atomic mass is 9.96. The van der Waals surface area contributed by atoms with E-state index in [1.54, 1.807) is 48.0 Å². The number of nitrogens with zero attached hydrogens (tertiary/aromatic N) is 1. The van der Waals surface area contributed by atoms with Gasteiger partial charge < -0.3 is 25.6 Å². The average molecular weight is 449 g/mol. The van der Waals surface area contributed by atoms with Crippen molar-refractivity contribution in [2.45, 2.75) is 57.0 Å². The molecular weight excluding hydrogens is 416 g/mol. The molecule has 170 valence electrons. The Bertz CT molecular complexity index is 752. The van der Waals surface area contributed by atoms with Crippen LogP contribution in [0.4, 0.5) is 10.5 Å². The third kappa shape index (κ3) is 7.05. The van der Waals surface area contributed by atoms with Gasteiger partial charge in [-0.1, -0.05) is 19.3 Å². The summed E-state index contributed by atoms with van der Waals surface area (Å²) >= 11 is 1.57. The van der Waals surface area contributed by atoms with Crippen LogP contribution in [-0.2, 0) is 9.59 Å². The van der Waals surface area contributed by atoms with E-state index in [2.05, 4.69) is 16.0 Å². The molecule has 2 aliphatic rings. The first-order chi connectivity index (χ1) is 15.1. The number of ether oxygens (including phenoxy) is 1. The highest BCUT2D eigenvalue weighted by molar-refractivity contribution is 7.99. The first-order valence-corrected chi connectivity index (χ1v) is 12.1. The van der Waals surface area contributed by atoms with E-state index in [1.165, 1.54) is 19.3 Å². The average Bonchev–Trinajstić information content (AvgIpc) is 3.28. The van der Waals surface area contributed by atoms with Gasteiger partial charge in [-0.2, -0.15) is 0 Å². The molecule has 1 aromatic rings. The number of hydrogen-bond donors (Lipinski definition) is 3. The van der Waals surface area contributed by atoms with E-state index in [9.17, 15) is 14.4 Å². The Kier molecular flexibility index (Phi) is 8.87. The minimum absolute atomic E-state index is 0.0608. The van der Waals surface area contributed by atoms with Crippen LogP contribution in [0.1, 0.15) is 44.9 Å². The van der Waals surface area contributed by atoms with Gasteiger partial charge in [0.15, 0.2) is 0 Å². The van der Waals surface area contributed by atoms with Crippen LogP contribution in [0.2, 0.25) is 0 Å². The van der Waals surface area contributed by atoms with E-state index in [1.807, 2.05) is 0 Å². The van der Waals surface area contributed by atoms with Gasteiger partial charge in [0.2, 0.25) is 11.8 Å². The summed E-state index contributed by atoms with van der Waals surface area (Å²) in [6.07, 6.45) is 6.51. The Morgan fingerprint density at radius 1 is 1.13 bits per heavy atom. The Labute approximate surface area is 187 Å². The first kappa shape index (κ1) is 23.2. The minimum Gasteiger partial charge on any atom is -0.497 e. The maximum atomic E-state index is 12.7. The fourth-order valence-electron chi connectivity index (χ4n) is 3.87. The number of benzene rings is 1. The van der Waals surface area contributed by atoms with Crippen LogP contribution < -0.4 is 20.7 Å². The van der Waals surface area contributed by atoms with Crippen molar-refractivity contribution in [1.29, 1.82) is 0 Å². The van der Waals surface area contributed by atoms with Crippen molar-refractivity contribution in [1.82, 2.24) is 15.5 Å². The topological polar surface area (TPSA) is 99.8 Å². The molecule has 31 heavy (non-hydrogen) atoms. The third-order valence-corrected chi connectivity index (χ3v) is 6.67. The minimum atomic E-state index is -0.484. The maximum Gasteiger partial charge on any atom is 0.315 e. The van der Waals surface area contributed by atoms with Crippen LogP contribution in [0, 0.1) is 0 Å². The number of thioether (sulfide) groups is 1. The lowest BCUT2D eigenvalue weighted by Crippen LogP contribution is -2.45. The standard InChI is InChI=1S/C22H32N4O4S/c1-30-18-11-9-17(10-12-18)24-21(28)19-14-31-15-26(19)20(27)8-5-13-23-22(29)25-16-6-3-2-4-7-16/h9-12,16,19H,2-8,13-15H2,1H3,(H,24,28)(H2,23,25,29). The molecule has 9 heteroatoms. The van der Waals surface area contributed by atoms with Crippen molar-refractivity contribution in [3.05, 3.63) is 24.3 Å². The molecule has 8 nitrogen and oxygen atoms in total. The number of hydrogen-bond acceptors (Lipinski definition) is 5. The summed E-state index contributed by atoms with van der Waals surface area (Å²) in [6.45, 7) is 0.438. The molecule has 0 aromatic heterocycles.